The van der Waals surface area contributed by atoms with Crippen LogP contribution >= 0.6 is 0 Å². The Labute approximate surface area is 76.2 Å². The van der Waals surface area contributed by atoms with E-state index in [9.17, 15) is 0 Å². The quantitative estimate of drug-likeness (QED) is 0.592. The van der Waals surface area contributed by atoms with Crippen LogP contribution in [-0.4, -0.2) is 6.91 Å². The van der Waals surface area contributed by atoms with Gasteiger partial charge < -0.3 is 0 Å². The molecule has 12 heavy (non-hydrogen) atoms. The molecule has 1 rings (SSSR count). The first kappa shape index (κ1) is 9.50. The Bertz CT molecular complexity index is 287. The van der Waals surface area contributed by atoms with Crippen molar-refractivity contribution >= 4 is 6.91 Å². The summed E-state index contributed by atoms with van der Waals surface area (Å²) in [6.45, 7) is 13.3. The van der Waals surface area contributed by atoms with Crippen molar-refractivity contribution in [2.45, 2.75) is 40.5 Å². The third-order valence-electron chi connectivity index (χ3n) is 2.72. The van der Waals surface area contributed by atoms with Crippen LogP contribution in [0.5, 0.6) is 0 Å². The molecular formula is C11H17B. The second-order valence-electron chi connectivity index (χ2n) is 3.88. The normalized spacial score (nSPS) is 10.5. The van der Waals surface area contributed by atoms with Gasteiger partial charge in [0.1, 0.15) is 0 Å². The molecule has 64 valence electrons. The molecule has 1 heteroatoms. The van der Waals surface area contributed by atoms with Crippen LogP contribution in [0.1, 0.15) is 41.9 Å². The summed E-state index contributed by atoms with van der Waals surface area (Å²) in [5.41, 5.74) is 5.79. The van der Waals surface area contributed by atoms with E-state index in [1.54, 1.807) is 0 Å². The fourth-order valence-corrected chi connectivity index (χ4v) is 1.60. The van der Waals surface area contributed by atoms with E-state index in [0.717, 1.165) is 0 Å². The maximum atomic E-state index is 2.25. The summed E-state index contributed by atoms with van der Waals surface area (Å²) < 4.78 is 0. The summed E-state index contributed by atoms with van der Waals surface area (Å²) in [7, 11) is 0. The van der Waals surface area contributed by atoms with Crippen molar-refractivity contribution in [3.63, 3.8) is 0 Å². The molecule has 1 aromatic rings. The van der Waals surface area contributed by atoms with Crippen LogP contribution < -0.4 is 0 Å². The Morgan fingerprint density at radius 2 is 1.67 bits per heavy atom. The van der Waals surface area contributed by atoms with Crippen molar-refractivity contribution in [3.8, 4) is 0 Å². The molecule has 0 fully saturated rings. The monoisotopic (exact) mass is 160 g/mol. The van der Waals surface area contributed by atoms with Crippen LogP contribution in [0.2, 0.25) is 0 Å². The van der Waals surface area contributed by atoms with Crippen molar-refractivity contribution in [2.24, 2.45) is 0 Å². The Kier molecular flexibility index (Phi) is 2.71. The van der Waals surface area contributed by atoms with Crippen LogP contribution in [0.25, 0.3) is 0 Å². The predicted molar refractivity (Wildman–Crippen MR) is 56.1 cm³/mol. The zero-order valence-electron chi connectivity index (χ0n) is 8.73. The van der Waals surface area contributed by atoms with Gasteiger partial charge in [-0.05, 0) is 0 Å². The van der Waals surface area contributed by atoms with Gasteiger partial charge in [0.25, 0.3) is 0 Å². The van der Waals surface area contributed by atoms with Gasteiger partial charge in [-0.25, -0.2) is 0 Å². The molecule has 1 heterocycles. The number of hydrogen-bond donors (Lipinski definition) is 0. The van der Waals surface area contributed by atoms with Crippen molar-refractivity contribution < 1.29 is 0 Å². The van der Waals surface area contributed by atoms with Gasteiger partial charge in [-0.2, -0.15) is 0 Å². The van der Waals surface area contributed by atoms with Crippen LogP contribution in [0.4, 0.5) is 0 Å². The van der Waals surface area contributed by atoms with Gasteiger partial charge in [0, 0.05) is 0 Å². The van der Waals surface area contributed by atoms with E-state index in [-0.39, 0.29) is 0 Å². The molecule has 0 saturated heterocycles. The Morgan fingerprint density at radius 1 is 1.08 bits per heavy atom. The average Bonchev–Trinajstić information content (AvgIpc) is 2.00. The van der Waals surface area contributed by atoms with Gasteiger partial charge in [0.15, 0.2) is 0 Å². The molecule has 0 saturated carbocycles. The molecule has 1 aromatic heterocycles. The second kappa shape index (κ2) is 3.43. The minimum atomic E-state index is 0.643. The number of rotatable bonds is 1. The van der Waals surface area contributed by atoms with E-state index in [1.807, 2.05) is 0 Å². The zero-order valence-corrected chi connectivity index (χ0v) is 8.73. The van der Waals surface area contributed by atoms with E-state index in [4.69, 9.17) is 0 Å². The van der Waals surface area contributed by atoms with Crippen LogP contribution in [-0.2, 0) is 0 Å². The summed E-state index contributed by atoms with van der Waals surface area (Å²) in [5, 5.41) is 0. The van der Waals surface area contributed by atoms with Crippen molar-refractivity contribution in [1.29, 1.82) is 0 Å². The molecule has 0 nitrogen and oxygen atoms in total. The molecular weight excluding hydrogens is 143 g/mol. The number of hydrogen-bond acceptors (Lipinski definition) is 0. The standard InChI is InChI=1S/C11H17B/c1-7(2)11-10(5)9(4)8(3)6-12-11/h6-7H,1-5H3. The van der Waals surface area contributed by atoms with Crippen LogP contribution in [0.3, 0.4) is 0 Å². The Hall–Kier alpha value is -0.585. The fourth-order valence-electron chi connectivity index (χ4n) is 1.60. The summed E-state index contributed by atoms with van der Waals surface area (Å²) in [5.74, 6) is 2.86. The van der Waals surface area contributed by atoms with E-state index in [0.29, 0.717) is 5.92 Å². The van der Waals surface area contributed by atoms with Crippen LogP contribution in [0.15, 0.2) is 5.96 Å². The van der Waals surface area contributed by atoms with Gasteiger partial charge in [0.2, 0.25) is 0 Å². The Morgan fingerprint density at radius 3 is 2.17 bits per heavy atom. The Balaban J connectivity index is 3.27. The molecule has 0 spiro atoms. The maximum absolute atomic E-state index is 2.25. The molecule has 0 bridgehead atoms. The molecule has 0 unspecified atom stereocenters. The molecule has 0 radical (unpaired) electrons. The molecule has 0 amide bonds. The second-order valence-corrected chi connectivity index (χ2v) is 3.88. The van der Waals surface area contributed by atoms with E-state index in [2.05, 4.69) is 47.5 Å². The van der Waals surface area contributed by atoms with E-state index >= 15 is 0 Å². The molecule has 0 atom stereocenters. The van der Waals surface area contributed by atoms with Gasteiger partial charge in [-0.3, -0.25) is 0 Å². The molecule has 0 aromatic carbocycles. The summed E-state index contributed by atoms with van der Waals surface area (Å²) >= 11 is 0. The van der Waals surface area contributed by atoms with Crippen molar-refractivity contribution in [1.82, 2.24) is 0 Å². The molecule has 0 aliphatic heterocycles. The molecule has 0 aliphatic rings. The van der Waals surface area contributed by atoms with Crippen LogP contribution in [0, 0.1) is 20.8 Å². The SMILES string of the molecule is Cc1cbc(C(C)C)c(C)c1C. The first-order chi connectivity index (χ1) is 5.54. The first-order valence-corrected chi connectivity index (χ1v) is 4.60. The third kappa shape index (κ3) is 1.60. The van der Waals surface area contributed by atoms with Crippen molar-refractivity contribution in [3.05, 3.63) is 28.1 Å². The fraction of sp³-hybridized carbons (Fsp3) is 0.545. The minimum absolute atomic E-state index is 0.643. The molecule has 0 aliphatic carbocycles. The first-order valence-electron chi connectivity index (χ1n) is 4.60. The third-order valence-corrected chi connectivity index (χ3v) is 2.72. The summed E-state index contributed by atoms with van der Waals surface area (Å²) in [4.78, 5) is 0. The van der Waals surface area contributed by atoms with Crippen molar-refractivity contribution in [2.75, 3.05) is 0 Å². The average molecular weight is 160 g/mol. The topological polar surface area (TPSA) is 0 Å². The zero-order chi connectivity index (χ0) is 9.30. The summed E-state index contributed by atoms with van der Waals surface area (Å²) in [6, 6.07) is 0. The van der Waals surface area contributed by atoms with Gasteiger partial charge in [-0.1, -0.05) is 0 Å². The number of aryl methyl sites for hydroxylation is 1. The predicted octanol–water partition coefficient (Wildman–Crippen LogP) is 3.07. The van der Waals surface area contributed by atoms with Gasteiger partial charge in [0.05, 0.1) is 0 Å². The van der Waals surface area contributed by atoms with Gasteiger partial charge >= 0.3 is 75.6 Å². The van der Waals surface area contributed by atoms with E-state index in [1.165, 1.54) is 22.1 Å². The summed E-state index contributed by atoms with van der Waals surface area (Å²) in [6.07, 6.45) is 0. The van der Waals surface area contributed by atoms with E-state index < -0.39 is 0 Å². The molecule has 0 N–H and O–H groups in total. The van der Waals surface area contributed by atoms with Gasteiger partial charge in [-0.15, -0.1) is 0 Å².